The maximum atomic E-state index is 14.1. The van der Waals surface area contributed by atoms with Crippen LogP contribution >= 0.6 is 0 Å². The molecule has 32 heavy (non-hydrogen) atoms. The van der Waals surface area contributed by atoms with Crippen LogP contribution < -0.4 is 15.1 Å². The topological polar surface area (TPSA) is 102 Å². The number of hydrogen-bond donors (Lipinski definition) is 1. The molecule has 9 heteroatoms. The fraction of sp³-hybridized carbons (Fsp3) is 0.435. The van der Waals surface area contributed by atoms with Crippen LogP contribution in [-0.2, 0) is 4.79 Å². The van der Waals surface area contributed by atoms with E-state index in [4.69, 9.17) is 0 Å². The second-order valence-electron chi connectivity index (χ2n) is 8.64. The lowest BCUT2D eigenvalue weighted by molar-refractivity contribution is -0.108. The molecule has 1 aliphatic rings. The monoisotopic (exact) mass is 438 g/mol. The molecular weight excluding hydrogens is 411 g/mol. The van der Waals surface area contributed by atoms with Gasteiger partial charge in [0.2, 0.25) is 12.4 Å². The van der Waals surface area contributed by atoms with E-state index in [1.54, 1.807) is 18.0 Å². The van der Waals surface area contributed by atoms with Crippen molar-refractivity contribution >= 4 is 35.8 Å². The van der Waals surface area contributed by atoms with Gasteiger partial charge in [-0.05, 0) is 57.2 Å². The van der Waals surface area contributed by atoms with E-state index in [1.165, 1.54) is 12.1 Å². The Morgan fingerprint density at radius 2 is 1.97 bits per heavy atom. The minimum Gasteiger partial charge on any atom is -0.373 e. The molecule has 3 rings (SSSR count). The van der Waals surface area contributed by atoms with Crippen molar-refractivity contribution in [3.05, 3.63) is 35.3 Å². The SMILES string of the molecule is Cc1cc(C=O)c(F)cc1Nc1ncc(N(C)C)c(N(C=O)C2CCC(C)(C#N)CC2)n1. The summed E-state index contributed by atoms with van der Waals surface area (Å²) in [6.07, 6.45) is 5.63. The summed E-state index contributed by atoms with van der Waals surface area (Å²) in [5.74, 6) is 0.00248. The van der Waals surface area contributed by atoms with Crippen molar-refractivity contribution in [3.63, 3.8) is 0 Å². The van der Waals surface area contributed by atoms with Gasteiger partial charge in [-0.1, -0.05) is 0 Å². The highest BCUT2D eigenvalue weighted by Gasteiger charge is 2.35. The van der Waals surface area contributed by atoms with Gasteiger partial charge in [0.15, 0.2) is 12.1 Å². The third kappa shape index (κ3) is 4.69. The van der Waals surface area contributed by atoms with Crippen molar-refractivity contribution < 1.29 is 14.0 Å². The molecule has 0 radical (unpaired) electrons. The molecule has 0 unspecified atom stereocenters. The number of hydrogen-bond acceptors (Lipinski definition) is 7. The van der Waals surface area contributed by atoms with Gasteiger partial charge in [-0.3, -0.25) is 14.5 Å². The molecule has 2 aromatic rings. The molecule has 1 amide bonds. The van der Waals surface area contributed by atoms with E-state index < -0.39 is 5.82 Å². The minimum atomic E-state index is -0.643. The lowest BCUT2D eigenvalue weighted by Crippen LogP contribution is -2.40. The van der Waals surface area contributed by atoms with E-state index in [2.05, 4.69) is 21.4 Å². The summed E-state index contributed by atoms with van der Waals surface area (Å²) in [4.78, 5) is 35.4. The number of nitriles is 1. The average Bonchev–Trinajstić information content (AvgIpc) is 2.78. The summed E-state index contributed by atoms with van der Waals surface area (Å²) in [6, 6.07) is 4.97. The van der Waals surface area contributed by atoms with Crippen LogP contribution in [0.1, 0.15) is 48.5 Å². The van der Waals surface area contributed by atoms with E-state index in [0.717, 1.165) is 6.41 Å². The van der Waals surface area contributed by atoms with Gasteiger partial charge in [0.25, 0.3) is 0 Å². The van der Waals surface area contributed by atoms with E-state index in [9.17, 15) is 19.2 Å². The number of nitrogens with zero attached hydrogens (tertiary/aromatic N) is 5. The highest BCUT2D eigenvalue weighted by molar-refractivity contribution is 5.83. The quantitative estimate of drug-likeness (QED) is 0.652. The van der Waals surface area contributed by atoms with Gasteiger partial charge in [0.05, 0.1) is 28.9 Å². The minimum absolute atomic E-state index is 0.0218. The van der Waals surface area contributed by atoms with Gasteiger partial charge < -0.3 is 10.2 Å². The fourth-order valence-corrected chi connectivity index (χ4v) is 3.92. The summed E-state index contributed by atoms with van der Waals surface area (Å²) in [5, 5.41) is 12.4. The predicted octanol–water partition coefficient (Wildman–Crippen LogP) is 3.98. The first-order valence-electron chi connectivity index (χ1n) is 10.4. The first-order valence-corrected chi connectivity index (χ1v) is 10.4. The van der Waals surface area contributed by atoms with Crippen molar-refractivity contribution in [1.29, 1.82) is 5.26 Å². The molecule has 168 valence electrons. The summed E-state index contributed by atoms with van der Waals surface area (Å²) < 4.78 is 14.1. The zero-order valence-corrected chi connectivity index (χ0v) is 18.7. The summed E-state index contributed by atoms with van der Waals surface area (Å²) in [7, 11) is 3.67. The van der Waals surface area contributed by atoms with Crippen LogP contribution in [0.2, 0.25) is 0 Å². The number of rotatable bonds is 7. The zero-order valence-electron chi connectivity index (χ0n) is 18.7. The van der Waals surface area contributed by atoms with Crippen LogP contribution in [0, 0.1) is 29.5 Å². The largest absolute Gasteiger partial charge is 0.373 e. The Kier molecular flexibility index (Phi) is 6.72. The number of carbonyl (C=O) groups is 2. The van der Waals surface area contributed by atoms with E-state index in [0.29, 0.717) is 54.7 Å². The van der Waals surface area contributed by atoms with Crippen LogP contribution in [0.15, 0.2) is 18.3 Å². The third-order valence-electron chi connectivity index (χ3n) is 6.03. The molecule has 1 fully saturated rings. The smallest absolute Gasteiger partial charge is 0.229 e. The molecule has 0 bridgehead atoms. The van der Waals surface area contributed by atoms with Crippen LogP contribution in [0.25, 0.3) is 0 Å². The Balaban J connectivity index is 1.94. The Bertz CT molecular complexity index is 1060. The summed E-state index contributed by atoms with van der Waals surface area (Å²) in [5.41, 5.74) is 1.35. The number of aldehydes is 1. The van der Waals surface area contributed by atoms with Crippen molar-refractivity contribution in [2.24, 2.45) is 5.41 Å². The predicted molar refractivity (Wildman–Crippen MR) is 121 cm³/mol. The number of carbonyl (C=O) groups excluding carboxylic acids is 2. The van der Waals surface area contributed by atoms with Gasteiger partial charge >= 0.3 is 0 Å². The van der Waals surface area contributed by atoms with Crippen molar-refractivity contribution in [2.45, 2.75) is 45.6 Å². The van der Waals surface area contributed by atoms with Crippen molar-refractivity contribution in [2.75, 3.05) is 29.2 Å². The standard InChI is InChI=1S/C23H27FN6O2/c1-15-9-16(12-31)18(24)10-19(15)27-22-26-11-20(29(3)4)21(28-22)30(14-32)17-5-7-23(2,13-25)8-6-17/h9-12,14,17H,5-8H2,1-4H3,(H,26,27,28). The third-order valence-corrected chi connectivity index (χ3v) is 6.03. The molecule has 1 N–H and O–H groups in total. The number of halogens is 1. The van der Waals surface area contributed by atoms with Crippen LogP contribution in [0.5, 0.6) is 0 Å². The molecule has 1 aliphatic carbocycles. The second-order valence-corrected chi connectivity index (χ2v) is 8.64. The molecule has 0 saturated heterocycles. The van der Waals surface area contributed by atoms with E-state index in [1.807, 2.05) is 25.9 Å². The van der Waals surface area contributed by atoms with Crippen LogP contribution in [0.3, 0.4) is 0 Å². The molecular formula is C23H27FN6O2. The Morgan fingerprint density at radius 1 is 1.28 bits per heavy atom. The number of benzene rings is 1. The number of anilines is 4. The van der Waals surface area contributed by atoms with Gasteiger partial charge in [-0.15, -0.1) is 0 Å². The van der Waals surface area contributed by atoms with Crippen molar-refractivity contribution in [3.8, 4) is 6.07 Å². The highest BCUT2D eigenvalue weighted by Crippen LogP contribution is 2.39. The lowest BCUT2D eigenvalue weighted by Gasteiger charge is -2.37. The maximum Gasteiger partial charge on any atom is 0.229 e. The Labute approximate surface area is 187 Å². The van der Waals surface area contributed by atoms with E-state index >= 15 is 0 Å². The molecule has 1 saturated carbocycles. The molecule has 0 aliphatic heterocycles. The first kappa shape index (κ1) is 23.1. The zero-order chi connectivity index (χ0) is 23.5. The Morgan fingerprint density at radius 3 is 2.53 bits per heavy atom. The lowest BCUT2D eigenvalue weighted by atomic mass is 9.75. The number of amides is 1. The fourth-order valence-electron chi connectivity index (χ4n) is 3.92. The molecule has 8 nitrogen and oxygen atoms in total. The second kappa shape index (κ2) is 9.30. The normalized spacial score (nSPS) is 20.2. The van der Waals surface area contributed by atoms with Crippen LogP contribution in [-0.4, -0.2) is 42.8 Å². The molecule has 1 aromatic carbocycles. The molecule has 0 spiro atoms. The van der Waals surface area contributed by atoms with Crippen molar-refractivity contribution in [1.82, 2.24) is 9.97 Å². The van der Waals surface area contributed by atoms with E-state index in [-0.39, 0.29) is 23.0 Å². The van der Waals surface area contributed by atoms with Gasteiger partial charge in [-0.25, -0.2) is 9.37 Å². The highest BCUT2D eigenvalue weighted by atomic mass is 19.1. The number of aromatic nitrogens is 2. The van der Waals surface area contributed by atoms with Gasteiger partial charge in [-0.2, -0.15) is 10.2 Å². The molecule has 1 heterocycles. The average molecular weight is 439 g/mol. The summed E-state index contributed by atoms with van der Waals surface area (Å²) in [6.45, 7) is 3.69. The molecule has 1 aromatic heterocycles. The first-order chi connectivity index (χ1) is 15.2. The molecule has 0 atom stereocenters. The van der Waals surface area contributed by atoms with Gasteiger partial charge in [0, 0.05) is 25.8 Å². The maximum absolute atomic E-state index is 14.1. The number of aryl methyl sites for hydroxylation is 1. The Hall–Kier alpha value is -3.54. The van der Waals surface area contributed by atoms with Crippen LogP contribution in [0.4, 0.5) is 27.5 Å². The summed E-state index contributed by atoms with van der Waals surface area (Å²) >= 11 is 0. The van der Waals surface area contributed by atoms with Gasteiger partial charge in [0.1, 0.15) is 5.82 Å². The number of nitrogens with one attached hydrogen (secondary N) is 1.